The highest BCUT2D eigenvalue weighted by molar-refractivity contribution is 7.93. The van der Waals surface area contributed by atoms with Crippen molar-refractivity contribution in [1.82, 2.24) is 0 Å². The summed E-state index contributed by atoms with van der Waals surface area (Å²) in [5.41, 5.74) is -1.10. The van der Waals surface area contributed by atoms with E-state index in [4.69, 9.17) is 0 Å². The Kier molecular flexibility index (Phi) is 2.13. The Morgan fingerprint density at radius 1 is 1.38 bits per heavy atom. The van der Waals surface area contributed by atoms with Crippen molar-refractivity contribution in [2.24, 2.45) is 4.36 Å². The fourth-order valence-electron chi connectivity index (χ4n) is 1.53. The van der Waals surface area contributed by atoms with Crippen LogP contribution in [0.15, 0.2) is 4.36 Å². The molecule has 1 aliphatic heterocycles. The molecule has 2 aliphatic rings. The predicted molar refractivity (Wildman–Crippen MR) is 52.1 cm³/mol. The summed E-state index contributed by atoms with van der Waals surface area (Å²) >= 11 is 0. The van der Waals surface area contributed by atoms with E-state index in [2.05, 4.69) is 4.36 Å². The van der Waals surface area contributed by atoms with E-state index in [-0.39, 0.29) is 0 Å². The average molecular weight is 205 g/mol. The Hall–Kier alpha value is -0.120. The van der Waals surface area contributed by atoms with Crippen molar-refractivity contribution < 1.29 is 8.60 Å². The molecule has 0 spiro atoms. The van der Waals surface area contributed by atoms with Gasteiger partial charge in [-0.25, -0.2) is 13.0 Å². The lowest BCUT2D eigenvalue weighted by Gasteiger charge is -2.27. The van der Waals surface area contributed by atoms with Crippen LogP contribution in [0.3, 0.4) is 0 Å². The van der Waals surface area contributed by atoms with Crippen molar-refractivity contribution in [3.8, 4) is 0 Å². The normalized spacial score (nSPS) is 46.0. The van der Waals surface area contributed by atoms with Crippen LogP contribution in [0.25, 0.3) is 0 Å². The van der Waals surface area contributed by atoms with Gasteiger partial charge in [0.2, 0.25) is 0 Å². The molecule has 0 amide bonds. The smallest absolute Gasteiger partial charge is 0.110 e. The molecule has 2 rings (SSSR count). The highest BCUT2D eigenvalue weighted by Gasteiger charge is 2.33. The largest absolute Gasteiger partial charge is 0.250 e. The predicted octanol–water partition coefficient (Wildman–Crippen LogP) is 2.14. The van der Waals surface area contributed by atoms with E-state index in [0.717, 1.165) is 12.8 Å². The first kappa shape index (κ1) is 9.44. The number of rotatable bonds is 1. The molecule has 0 aromatic rings. The third-order valence-corrected chi connectivity index (χ3v) is 5.14. The molecule has 1 heterocycles. The van der Waals surface area contributed by atoms with Crippen LogP contribution in [-0.2, 0) is 9.73 Å². The van der Waals surface area contributed by atoms with Gasteiger partial charge in [-0.3, -0.25) is 0 Å². The summed E-state index contributed by atoms with van der Waals surface area (Å²) in [4.78, 5) is 0. The molecule has 2 nitrogen and oxygen atoms in total. The standard InChI is InChI=1S/C9H16FNOS/c1-9(10)4-6-13(12,7-5-9)11-8-2-3-8/h8H,2-7H2,1H3. The fourth-order valence-corrected chi connectivity index (χ4v) is 4.19. The van der Waals surface area contributed by atoms with Crippen molar-refractivity contribution in [2.45, 2.75) is 44.3 Å². The number of alkyl halides is 1. The average Bonchev–Trinajstić information content (AvgIpc) is 2.81. The van der Waals surface area contributed by atoms with Crippen LogP contribution in [-0.4, -0.2) is 27.4 Å². The Morgan fingerprint density at radius 2 is 1.92 bits per heavy atom. The molecule has 0 radical (unpaired) electrons. The maximum absolute atomic E-state index is 13.4. The first-order valence-corrected chi connectivity index (χ1v) is 6.75. The molecule has 0 unspecified atom stereocenters. The number of nitrogens with zero attached hydrogens (tertiary/aromatic N) is 1. The summed E-state index contributed by atoms with van der Waals surface area (Å²) in [6.07, 6.45) is 3.01. The minimum absolute atomic E-state index is 0.344. The van der Waals surface area contributed by atoms with Gasteiger partial charge in [-0.15, -0.1) is 0 Å². The first-order chi connectivity index (χ1) is 5.99. The van der Waals surface area contributed by atoms with E-state index in [0.29, 0.717) is 30.4 Å². The highest BCUT2D eigenvalue weighted by Crippen LogP contribution is 2.31. The van der Waals surface area contributed by atoms with E-state index >= 15 is 0 Å². The summed E-state index contributed by atoms with van der Waals surface area (Å²) in [6.45, 7) is 1.60. The van der Waals surface area contributed by atoms with Crippen molar-refractivity contribution in [3.63, 3.8) is 0 Å². The molecule has 76 valence electrons. The lowest BCUT2D eigenvalue weighted by atomic mass is 10.0. The maximum atomic E-state index is 13.4. The van der Waals surface area contributed by atoms with Gasteiger partial charge in [0.05, 0.1) is 6.04 Å². The molecule has 1 saturated heterocycles. The number of hydrogen-bond acceptors (Lipinski definition) is 2. The molecule has 0 bridgehead atoms. The van der Waals surface area contributed by atoms with Crippen molar-refractivity contribution in [1.29, 1.82) is 0 Å². The van der Waals surface area contributed by atoms with E-state index in [9.17, 15) is 8.60 Å². The Bertz CT molecular complexity index is 298. The third kappa shape index (κ3) is 2.42. The van der Waals surface area contributed by atoms with Gasteiger partial charge in [0, 0.05) is 21.2 Å². The molecular weight excluding hydrogens is 189 g/mol. The van der Waals surface area contributed by atoms with Gasteiger partial charge in [-0.1, -0.05) is 0 Å². The van der Waals surface area contributed by atoms with Gasteiger partial charge >= 0.3 is 0 Å². The molecular formula is C9H16FNOS. The second-order valence-electron chi connectivity index (χ2n) is 4.43. The lowest BCUT2D eigenvalue weighted by Crippen LogP contribution is -2.32. The zero-order valence-corrected chi connectivity index (χ0v) is 8.78. The summed E-state index contributed by atoms with van der Waals surface area (Å²) < 4.78 is 29.7. The third-order valence-electron chi connectivity index (χ3n) is 2.77. The fraction of sp³-hybridized carbons (Fsp3) is 1.00. The van der Waals surface area contributed by atoms with Crippen molar-refractivity contribution >= 4 is 9.73 Å². The van der Waals surface area contributed by atoms with Gasteiger partial charge in [-0.2, -0.15) is 0 Å². The van der Waals surface area contributed by atoms with Crippen molar-refractivity contribution in [2.75, 3.05) is 11.5 Å². The van der Waals surface area contributed by atoms with Gasteiger partial charge in [0.25, 0.3) is 0 Å². The molecule has 4 heteroatoms. The molecule has 1 aliphatic carbocycles. The van der Waals surface area contributed by atoms with Crippen LogP contribution in [0.4, 0.5) is 4.39 Å². The quantitative estimate of drug-likeness (QED) is 0.645. The van der Waals surface area contributed by atoms with Crippen LogP contribution in [0, 0.1) is 0 Å². The molecule has 0 N–H and O–H groups in total. The van der Waals surface area contributed by atoms with E-state index in [1.165, 1.54) is 0 Å². The molecule has 13 heavy (non-hydrogen) atoms. The summed E-state index contributed by atoms with van der Waals surface area (Å²) in [7, 11) is -2.01. The second-order valence-corrected chi connectivity index (χ2v) is 7.00. The Morgan fingerprint density at radius 3 is 2.38 bits per heavy atom. The molecule has 2 fully saturated rings. The van der Waals surface area contributed by atoms with Gasteiger partial charge in [-0.05, 0) is 32.6 Å². The monoisotopic (exact) mass is 205 g/mol. The molecule has 0 aromatic heterocycles. The van der Waals surface area contributed by atoms with Crippen LogP contribution in [0.5, 0.6) is 0 Å². The summed E-state index contributed by atoms with van der Waals surface area (Å²) in [5.74, 6) is 0.938. The highest BCUT2D eigenvalue weighted by atomic mass is 32.2. The van der Waals surface area contributed by atoms with E-state index in [1.807, 2.05) is 0 Å². The van der Waals surface area contributed by atoms with E-state index < -0.39 is 15.4 Å². The zero-order chi connectivity index (χ0) is 9.53. The van der Waals surface area contributed by atoms with Crippen LogP contribution in [0.2, 0.25) is 0 Å². The maximum Gasteiger partial charge on any atom is 0.110 e. The topological polar surface area (TPSA) is 29.4 Å². The van der Waals surface area contributed by atoms with Crippen LogP contribution in [0.1, 0.15) is 32.6 Å². The van der Waals surface area contributed by atoms with Gasteiger partial charge < -0.3 is 0 Å². The Balaban J connectivity index is 2.07. The lowest BCUT2D eigenvalue weighted by molar-refractivity contribution is 0.174. The van der Waals surface area contributed by atoms with Gasteiger partial charge in [0.1, 0.15) is 5.67 Å². The molecule has 1 saturated carbocycles. The van der Waals surface area contributed by atoms with Crippen LogP contribution < -0.4 is 0 Å². The van der Waals surface area contributed by atoms with Gasteiger partial charge in [0.15, 0.2) is 0 Å². The van der Waals surface area contributed by atoms with Crippen molar-refractivity contribution in [3.05, 3.63) is 0 Å². The van der Waals surface area contributed by atoms with E-state index in [1.54, 1.807) is 6.92 Å². The first-order valence-electron chi connectivity index (χ1n) is 4.90. The summed E-state index contributed by atoms with van der Waals surface area (Å²) in [6, 6.07) is 0.344. The summed E-state index contributed by atoms with van der Waals surface area (Å²) in [5, 5.41) is 0. The Labute approximate surface area is 79.1 Å². The zero-order valence-electron chi connectivity index (χ0n) is 7.96. The number of halogens is 1. The van der Waals surface area contributed by atoms with Crippen LogP contribution >= 0.6 is 0 Å². The molecule has 0 atom stereocenters. The second kappa shape index (κ2) is 2.94. The minimum atomic E-state index is -2.01. The minimum Gasteiger partial charge on any atom is -0.250 e. The SMILES string of the molecule is CC1(F)CCS(=O)(=NC2CC2)CC1. The molecule has 0 aromatic carbocycles. The number of hydrogen-bond donors (Lipinski definition) is 0.